The van der Waals surface area contributed by atoms with Gasteiger partial charge in [-0.3, -0.25) is 0 Å². The van der Waals surface area contributed by atoms with E-state index in [1.807, 2.05) is 0 Å². The number of aryl methyl sites for hydroxylation is 3. The van der Waals surface area contributed by atoms with Crippen molar-refractivity contribution < 1.29 is 40.7 Å². The zero-order chi connectivity index (χ0) is 92.5. The molecule has 0 saturated heterocycles. The molecule has 1 unspecified atom stereocenters. The third kappa shape index (κ3) is 59.7. The van der Waals surface area contributed by atoms with Gasteiger partial charge in [0.2, 0.25) is 0 Å². The first-order valence-electron chi connectivity index (χ1n) is 55.2. The first-order chi connectivity index (χ1) is 61.5. The zero-order valence-corrected chi connectivity index (χ0v) is 90.4. The van der Waals surface area contributed by atoms with Gasteiger partial charge in [0.1, 0.15) is 17.2 Å². The number of benzene rings is 3. The Morgan fingerprint density at radius 1 is 0.213 bits per heavy atom. The summed E-state index contributed by atoms with van der Waals surface area (Å²) in [6.45, 7) is 48.4. The standard InChI is InChI=1S/C115H211O9P3/c1-20-26-32-38-44-50-56-62-68-74-80-86-116-125(117-87-81-75-69-63-57-51-45-39-33-27-21-2)122-110-93-100(8)103(96-107(110)113(11,12)13)99(7)92-106(104-97-108(114(14,15)16)111(94-101(104)9)123-126(118-88-82-76-70-64-58-52-46-40-34-28-22-3)119-89-83-77-71-65-59-53-47-41-35-29-23-4)105-98-109(115(17,18)19)112(95-102(105)10)124-127(120-90-84-78-72-66-60-54-48-42-36-30-24-5)121-91-85-79-73-67-61-55-49-43-37-31-25-6/h93-99,106H,20-92H2,1-19H3. The van der Waals surface area contributed by atoms with Crippen LogP contribution in [0.25, 0.3) is 0 Å². The Morgan fingerprint density at radius 2 is 0.362 bits per heavy atom. The van der Waals surface area contributed by atoms with Crippen molar-refractivity contribution in [2.75, 3.05) is 39.6 Å². The molecule has 0 radical (unpaired) electrons. The monoisotopic (exact) mass is 1830 g/mol. The van der Waals surface area contributed by atoms with Crippen LogP contribution in [0.5, 0.6) is 17.2 Å². The van der Waals surface area contributed by atoms with E-state index in [1.54, 1.807) is 0 Å². The molecule has 3 aromatic carbocycles. The van der Waals surface area contributed by atoms with E-state index in [-0.39, 0.29) is 28.1 Å². The average Bonchev–Trinajstić information content (AvgIpc) is 0.760. The van der Waals surface area contributed by atoms with Crippen LogP contribution in [0.3, 0.4) is 0 Å². The molecular weight excluding hydrogens is 1620 g/mol. The number of hydrogen-bond donors (Lipinski definition) is 0. The minimum absolute atomic E-state index is 0.0123. The maximum atomic E-state index is 7.31. The molecule has 12 heteroatoms. The number of hydrogen-bond acceptors (Lipinski definition) is 9. The second-order valence-electron chi connectivity index (χ2n) is 42.2. The van der Waals surface area contributed by atoms with Crippen LogP contribution in [0.4, 0.5) is 0 Å². The minimum Gasteiger partial charge on any atom is -0.426 e. The van der Waals surface area contributed by atoms with Crippen LogP contribution >= 0.6 is 25.8 Å². The first kappa shape index (κ1) is 119. The molecule has 0 amide bonds. The van der Waals surface area contributed by atoms with Crippen molar-refractivity contribution in [3.05, 3.63) is 86.5 Å². The zero-order valence-electron chi connectivity index (χ0n) is 87.8. The quantitative estimate of drug-likeness (QED) is 0.0405. The van der Waals surface area contributed by atoms with Crippen molar-refractivity contribution in [2.24, 2.45) is 0 Å². The summed E-state index contributed by atoms with van der Waals surface area (Å²) in [5, 5.41) is 0. The molecule has 1 atom stereocenters. The van der Waals surface area contributed by atoms with Gasteiger partial charge >= 0.3 is 25.8 Å². The Labute approximate surface area is 794 Å². The lowest BCUT2D eigenvalue weighted by molar-refractivity contribution is 0.197. The summed E-state index contributed by atoms with van der Waals surface area (Å²) in [7, 11) is -4.95. The van der Waals surface area contributed by atoms with Crippen LogP contribution in [0, 0.1) is 20.8 Å². The molecule has 3 aromatic rings. The van der Waals surface area contributed by atoms with E-state index in [0.717, 1.165) is 62.2 Å². The molecule has 0 bridgehead atoms. The summed E-state index contributed by atoms with van der Waals surface area (Å²) in [6.07, 6.45) is 86.5. The predicted octanol–water partition coefficient (Wildman–Crippen LogP) is 41.6. The van der Waals surface area contributed by atoms with E-state index in [2.05, 4.69) is 168 Å². The van der Waals surface area contributed by atoms with Gasteiger partial charge in [0.25, 0.3) is 0 Å². The Morgan fingerprint density at radius 3 is 0.528 bits per heavy atom. The van der Waals surface area contributed by atoms with Crippen LogP contribution in [0.15, 0.2) is 36.4 Å². The SMILES string of the molecule is CCCCCCCCCCCCCOP(OCCCCCCCCCCCCC)Oc1cc(C)c(C(C)CC(c2cc(C(C)(C)C)c(OP(OCCCCCCCCCCCCC)OCCCCCCCCCCCCC)cc2C)c2cc(C(C)(C)C)c(OP(OCCCCCCCCCCCCC)OCCCCCCCCCCCCC)cc2C)cc1C(C)(C)C. The van der Waals surface area contributed by atoms with Crippen molar-refractivity contribution in [1.29, 1.82) is 0 Å². The van der Waals surface area contributed by atoms with Crippen LogP contribution in [0.1, 0.15) is 603 Å². The molecule has 0 heterocycles. The Kier molecular flexibility index (Phi) is 73.4. The molecule has 0 aromatic heterocycles. The maximum absolute atomic E-state index is 7.31. The van der Waals surface area contributed by atoms with Gasteiger partial charge in [-0.1, -0.05) is 514 Å². The smallest absolute Gasteiger partial charge is 0.397 e. The topological polar surface area (TPSA) is 83.1 Å². The molecule has 0 spiro atoms. The molecule has 0 aliphatic heterocycles. The second-order valence-corrected chi connectivity index (χ2v) is 45.6. The van der Waals surface area contributed by atoms with E-state index in [4.69, 9.17) is 40.7 Å². The molecule has 9 nitrogen and oxygen atoms in total. The van der Waals surface area contributed by atoms with E-state index in [9.17, 15) is 0 Å². The fourth-order valence-electron chi connectivity index (χ4n) is 18.2. The number of unbranched alkanes of at least 4 members (excludes halogenated alkanes) is 60. The molecule has 740 valence electrons. The molecule has 127 heavy (non-hydrogen) atoms. The maximum Gasteiger partial charge on any atom is 0.397 e. The van der Waals surface area contributed by atoms with Gasteiger partial charge in [-0.25, -0.2) is 0 Å². The molecule has 3 rings (SSSR count). The predicted molar refractivity (Wildman–Crippen MR) is 562 cm³/mol. The summed E-state index contributed by atoms with van der Waals surface area (Å²) >= 11 is 0. The summed E-state index contributed by atoms with van der Waals surface area (Å²) in [5.41, 5.74) is 10.4. The summed E-state index contributed by atoms with van der Waals surface area (Å²) in [6, 6.07) is 14.6. The fourth-order valence-corrected chi connectivity index (χ4v) is 21.4. The van der Waals surface area contributed by atoms with Gasteiger partial charge in [0.15, 0.2) is 0 Å². The summed E-state index contributed by atoms with van der Waals surface area (Å²) in [5.74, 6) is 2.77. The summed E-state index contributed by atoms with van der Waals surface area (Å²) in [4.78, 5) is 0. The van der Waals surface area contributed by atoms with Crippen LogP contribution in [-0.2, 0) is 43.4 Å². The molecular formula is C115H211O9P3. The van der Waals surface area contributed by atoms with E-state index < -0.39 is 25.8 Å². The van der Waals surface area contributed by atoms with Gasteiger partial charge in [-0.05, 0) is 139 Å². The molecule has 0 fully saturated rings. The van der Waals surface area contributed by atoms with Crippen molar-refractivity contribution in [3.8, 4) is 17.2 Å². The molecule has 0 saturated carbocycles. The van der Waals surface area contributed by atoms with Crippen LogP contribution in [-0.4, -0.2) is 39.6 Å². The lowest BCUT2D eigenvalue weighted by Gasteiger charge is -2.33. The van der Waals surface area contributed by atoms with Crippen molar-refractivity contribution >= 4 is 25.8 Å². The van der Waals surface area contributed by atoms with Gasteiger partial charge in [-0.2, -0.15) is 0 Å². The molecule has 0 N–H and O–H groups in total. The third-order valence-electron chi connectivity index (χ3n) is 26.6. The van der Waals surface area contributed by atoms with Crippen LogP contribution < -0.4 is 13.6 Å². The van der Waals surface area contributed by atoms with E-state index in [1.165, 1.54) is 435 Å². The Balaban J connectivity index is 2.22. The van der Waals surface area contributed by atoms with Gasteiger partial charge in [-0.15, -0.1) is 0 Å². The highest BCUT2D eigenvalue weighted by Crippen LogP contribution is 2.53. The van der Waals surface area contributed by atoms with Crippen molar-refractivity contribution in [3.63, 3.8) is 0 Å². The average molecular weight is 1830 g/mol. The van der Waals surface area contributed by atoms with Crippen molar-refractivity contribution in [1.82, 2.24) is 0 Å². The van der Waals surface area contributed by atoms with Gasteiger partial charge in [0.05, 0.1) is 39.6 Å². The van der Waals surface area contributed by atoms with Gasteiger partial charge in [0, 0.05) is 22.6 Å². The normalized spacial score (nSPS) is 12.6. The van der Waals surface area contributed by atoms with Crippen molar-refractivity contribution in [2.45, 2.75) is 590 Å². The number of rotatable bonds is 89. The van der Waals surface area contributed by atoms with E-state index in [0.29, 0.717) is 39.6 Å². The minimum atomic E-state index is -1.66. The fraction of sp³-hybridized carbons (Fsp3) is 0.843. The van der Waals surface area contributed by atoms with Gasteiger partial charge < -0.3 is 40.7 Å². The molecule has 0 aliphatic rings. The van der Waals surface area contributed by atoms with Crippen LogP contribution in [0.2, 0.25) is 0 Å². The third-order valence-corrected chi connectivity index (χ3v) is 30.0. The largest absolute Gasteiger partial charge is 0.426 e. The highest BCUT2D eigenvalue weighted by Gasteiger charge is 2.34. The Hall–Kier alpha value is -1.89. The Bertz CT molecular complexity index is 2790. The second kappa shape index (κ2) is 78.2. The summed E-state index contributed by atoms with van der Waals surface area (Å²) < 4.78 is 62.8. The lowest BCUT2D eigenvalue weighted by atomic mass is 9.74. The highest BCUT2D eigenvalue weighted by molar-refractivity contribution is 7.42. The lowest BCUT2D eigenvalue weighted by Crippen LogP contribution is -2.19. The van der Waals surface area contributed by atoms with E-state index >= 15 is 0 Å². The highest BCUT2D eigenvalue weighted by atomic mass is 31.2. The molecule has 0 aliphatic carbocycles. The first-order valence-corrected chi connectivity index (χ1v) is 58.5.